The molecular formula is C16H9F3N4. The lowest BCUT2D eigenvalue weighted by Gasteiger charge is -2.05. The Morgan fingerprint density at radius 1 is 1.09 bits per heavy atom. The highest BCUT2D eigenvalue weighted by atomic mass is 19.3. The van der Waals surface area contributed by atoms with Crippen LogP contribution in [0.15, 0.2) is 48.8 Å². The number of halogens is 3. The maximum absolute atomic E-state index is 13.0. The lowest BCUT2D eigenvalue weighted by Crippen LogP contribution is -1.99. The van der Waals surface area contributed by atoms with Crippen LogP contribution in [-0.4, -0.2) is 14.8 Å². The van der Waals surface area contributed by atoms with Crippen LogP contribution in [0.4, 0.5) is 13.2 Å². The van der Waals surface area contributed by atoms with E-state index in [0.717, 1.165) is 6.20 Å². The molecule has 0 N–H and O–H groups in total. The number of hydrogen-bond donors (Lipinski definition) is 0. The molecule has 0 atom stereocenters. The Labute approximate surface area is 129 Å². The van der Waals surface area contributed by atoms with Crippen LogP contribution in [0.2, 0.25) is 0 Å². The summed E-state index contributed by atoms with van der Waals surface area (Å²) in [5.74, 6) is -0.377. The first kappa shape index (κ1) is 14.8. The van der Waals surface area contributed by atoms with Crippen molar-refractivity contribution in [3.8, 4) is 28.6 Å². The zero-order valence-corrected chi connectivity index (χ0v) is 11.6. The molecule has 23 heavy (non-hydrogen) atoms. The molecule has 2 heterocycles. The minimum atomic E-state index is -2.76. The second-order valence-electron chi connectivity index (χ2n) is 4.69. The van der Waals surface area contributed by atoms with E-state index in [2.05, 4.69) is 10.1 Å². The number of alkyl halides is 2. The molecule has 114 valence electrons. The van der Waals surface area contributed by atoms with Gasteiger partial charge in [0.1, 0.15) is 11.9 Å². The summed E-state index contributed by atoms with van der Waals surface area (Å²) < 4.78 is 38.8. The summed E-state index contributed by atoms with van der Waals surface area (Å²) in [4.78, 5) is 4.15. The molecule has 3 rings (SSSR count). The molecule has 0 aliphatic rings. The molecular weight excluding hydrogens is 305 g/mol. The standard InChI is InChI=1S/C16H9F3N4/c17-12-3-1-10(2-4-12)15-7-13(11(8-20)9-21-15)14-5-6-23(22-14)16(18)19/h1-7,9,16H. The van der Waals surface area contributed by atoms with Gasteiger partial charge in [-0.2, -0.15) is 19.1 Å². The summed E-state index contributed by atoms with van der Waals surface area (Å²) in [7, 11) is 0. The maximum atomic E-state index is 13.0. The van der Waals surface area contributed by atoms with Gasteiger partial charge in [-0.25, -0.2) is 9.07 Å². The van der Waals surface area contributed by atoms with Crippen molar-refractivity contribution >= 4 is 0 Å². The van der Waals surface area contributed by atoms with Crippen LogP contribution >= 0.6 is 0 Å². The fraction of sp³-hybridized carbons (Fsp3) is 0.0625. The average molecular weight is 314 g/mol. The normalized spacial score (nSPS) is 10.7. The smallest absolute Gasteiger partial charge is 0.255 e. The van der Waals surface area contributed by atoms with Gasteiger partial charge in [0.2, 0.25) is 0 Å². The van der Waals surface area contributed by atoms with Gasteiger partial charge in [-0.1, -0.05) is 0 Å². The van der Waals surface area contributed by atoms with Gasteiger partial charge in [0.15, 0.2) is 0 Å². The van der Waals surface area contributed by atoms with Gasteiger partial charge in [0.05, 0.1) is 17.0 Å². The Bertz CT molecular complexity index is 879. The molecule has 0 unspecified atom stereocenters. The van der Waals surface area contributed by atoms with Crippen molar-refractivity contribution in [3.63, 3.8) is 0 Å². The van der Waals surface area contributed by atoms with Gasteiger partial charge in [-0.05, 0) is 36.4 Å². The highest BCUT2D eigenvalue weighted by Gasteiger charge is 2.14. The fourth-order valence-corrected chi connectivity index (χ4v) is 2.13. The molecule has 0 saturated carbocycles. The molecule has 0 spiro atoms. The summed E-state index contributed by atoms with van der Waals surface area (Å²) in [5, 5.41) is 12.9. The Balaban J connectivity index is 2.09. The largest absolute Gasteiger partial charge is 0.333 e. The lowest BCUT2D eigenvalue weighted by atomic mass is 10.0. The van der Waals surface area contributed by atoms with Crippen molar-refractivity contribution in [1.82, 2.24) is 14.8 Å². The molecule has 7 heteroatoms. The SMILES string of the molecule is N#Cc1cnc(-c2ccc(F)cc2)cc1-c1ccn(C(F)F)n1. The number of benzene rings is 1. The number of aromatic nitrogens is 3. The van der Waals surface area contributed by atoms with E-state index in [1.165, 1.54) is 24.4 Å². The first-order chi connectivity index (χ1) is 11.1. The Morgan fingerprint density at radius 3 is 2.43 bits per heavy atom. The third-order valence-electron chi connectivity index (χ3n) is 3.25. The number of pyridine rings is 1. The van der Waals surface area contributed by atoms with E-state index in [1.54, 1.807) is 18.2 Å². The predicted octanol–water partition coefficient (Wildman–Crippen LogP) is 4.02. The average Bonchev–Trinajstić information content (AvgIpc) is 3.05. The topological polar surface area (TPSA) is 54.5 Å². The van der Waals surface area contributed by atoms with Crippen molar-refractivity contribution in [1.29, 1.82) is 5.26 Å². The van der Waals surface area contributed by atoms with Crippen LogP contribution in [-0.2, 0) is 0 Å². The minimum Gasteiger partial charge on any atom is -0.255 e. The van der Waals surface area contributed by atoms with E-state index in [-0.39, 0.29) is 17.1 Å². The molecule has 0 radical (unpaired) electrons. The monoisotopic (exact) mass is 314 g/mol. The quantitative estimate of drug-likeness (QED) is 0.734. The van der Waals surface area contributed by atoms with Crippen molar-refractivity contribution in [2.24, 2.45) is 0 Å². The molecule has 0 amide bonds. The Kier molecular flexibility index (Phi) is 3.81. The van der Waals surface area contributed by atoms with Crippen LogP contribution in [0, 0.1) is 17.1 Å². The predicted molar refractivity (Wildman–Crippen MR) is 76.8 cm³/mol. The van der Waals surface area contributed by atoms with Crippen molar-refractivity contribution in [2.75, 3.05) is 0 Å². The summed E-state index contributed by atoms with van der Waals surface area (Å²) in [6.45, 7) is -2.76. The molecule has 1 aromatic carbocycles. The molecule has 0 aliphatic carbocycles. The first-order valence-electron chi connectivity index (χ1n) is 6.58. The third kappa shape index (κ3) is 2.92. The third-order valence-corrected chi connectivity index (χ3v) is 3.25. The van der Waals surface area contributed by atoms with Gasteiger partial charge in [-0.3, -0.25) is 4.98 Å². The second kappa shape index (κ2) is 5.93. The zero-order chi connectivity index (χ0) is 16.4. The van der Waals surface area contributed by atoms with Crippen molar-refractivity contribution in [3.05, 3.63) is 60.2 Å². The molecule has 0 fully saturated rings. The van der Waals surface area contributed by atoms with Crippen molar-refractivity contribution in [2.45, 2.75) is 6.55 Å². The summed E-state index contributed by atoms with van der Waals surface area (Å²) >= 11 is 0. The molecule has 0 aliphatic heterocycles. The summed E-state index contributed by atoms with van der Waals surface area (Å²) in [6, 6.07) is 10.6. The summed E-state index contributed by atoms with van der Waals surface area (Å²) in [5.41, 5.74) is 1.99. The van der Waals surface area contributed by atoms with E-state index in [1.807, 2.05) is 6.07 Å². The van der Waals surface area contributed by atoms with Crippen LogP contribution < -0.4 is 0 Å². The summed E-state index contributed by atoms with van der Waals surface area (Å²) in [6.07, 6.45) is 2.48. The highest BCUT2D eigenvalue weighted by molar-refractivity contribution is 5.73. The van der Waals surface area contributed by atoms with Gasteiger partial charge >= 0.3 is 6.55 Å². The van der Waals surface area contributed by atoms with Gasteiger partial charge in [0.25, 0.3) is 0 Å². The number of nitrogens with zero attached hydrogens (tertiary/aromatic N) is 4. The zero-order valence-electron chi connectivity index (χ0n) is 11.6. The Morgan fingerprint density at radius 2 is 1.83 bits per heavy atom. The highest BCUT2D eigenvalue weighted by Crippen LogP contribution is 2.27. The molecule has 3 aromatic rings. The van der Waals surface area contributed by atoms with Gasteiger partial charge < -0.3 is 0 Å². The maximum Gasteiger partial charge on any atom is 0.333 e. The number of nitriles is 1. The van der Waals surface area contributed by atoms with Gasteiger partial charge in [-0.15, -0.1) is 0 Å². The Hall–Kier alpha value is -3.14. The lowest BCUT2D eigenvalue weighted by molar-refractivity contribution is 0.0568. The minimum absolute atomic E-state index is 0.218. The molecule has 2 aromatic heterocycles. The van der Waals surface area contributed by atoms with E-state index < -0.39 is 6.55 Å². The fourth-order valence-electron chi connectivity index (χ4n) is 2.13. The van der Waals surface area contributed by atoms with Crippen molar-refractivity contribution < 1.29 is 13.2 Å². The van der Waals surface area contributed by atoms with E-state index in [9.17, 15) is 18.4 Å². The second-order valence-corrected chi connectivity index (χ2v) is 4.69. The molecule has 0 bridgehead atoms. The van der Waals surface area contributed by atoms with Gasteiger partial charge in [0, 0.05) is 23.5 Å². The van der Waals surface area contributed by atoms with E-state index >= 15 is 0 Å². The van der Waals surface area contributed by atoms with Crippen LogP contribution in [0.3, 0.4) is 0 Å². The van der Waals surface area contributed by atoms with E-state index in [0.29, 0.717) is 21.5 Å². The van der Waals surface area contributed by atoms with Crippen LogP contribution in [0.1, 0.15) is 12.1 Å². The number of rotatable bonds is 3. The van der Waals surface area contributed by atoms with Crippen LogP contribution in [0.5, 0.6) is 0 Å². The molecule has 0 saturated heterocycles. The van der Waals surface area contributed by atoms with E-state index in [4.69, 9.17) is 0 Å². The van der Waals surface area contributed by atoms with Crippen LogP contribution in [0.25, 0.3) is 22.5 Å². The number of hydrogen-bond acceptors (Lipinski definition) is 3. The first-order valence-corrected chi connectivity index (χ1v) is 6.58. The molecule has 4 nitrogen and oxygen atoms in total.